The molecule has 10 aromatic rings. The van der Waals surface area contributed by atoms with Gasteiger partial charge in [-0.2, -0.15) is 0 Å². The lowest BCUT2D eigenvalue weighted by atomic mass is 9.65. The smallest absolute Gasteiger partial charge is 0.132 e. The van der Waals surface area contributed by atoms with Crippen LogP contribution >= 0.6 is 0 Å². The second-order valence-corrected chi connectivity index (χ2v) is 16.6. The Morgan fingerprint density at radius 2 is 0.729 bits per heavy atom. The molecule has 0 aromatic heterocycles. The van der Waals surface area contributed by atoms with Crippen molar-refractivity contribution in [3.8, 4) is 56.0 Å². The van der Waals surface area contributed by atoms with E-state index in [9.17, 15) is 0 Å². The van der Waals surface area contributed by atoms with Gasteiger partial charge in [-0.25, -0.2) is 0 Å². The summed E-state index contributed by atoms with van der Waals surface area (Å²) in [6, 6.07) is 77.1. The third-order valence-electron chi connectivity index (χ3n) is 14.1. The topological polar surface area (TPSA) is 9.23 Å². The molecule has 3 aliphatic carbocycles. The molecule has 0 saturated heterocycles. The Balaban J connectivity index is 1.09. The van der Waals surface area contributed by atoms with Gasteiger partial charge in [0.05, 0.1) is 10.8 Å². The maximum Gasteiger partial charge on any atom is 0.132 e. The van der Waals surface area contributed by atoms with E-state index in [2.05, 4.69) is 206 Å². The summed E-state index contributed by atoms with van der Waals surface area (Å²) in [4.78, 5) is 0. The first-order chi connectivity index (χ1) is 29.3. The van der Waals surface area contributed by atoms with Crippen LogP contribution in [0, 0.1) is 0 Å². The predicted octanol–water partition coefficient (Wildman–Crippen LogP) is 14.5. The normalized spacial score (nSPS) is 16.5. The van der Waals surface area contributed by atoms with E-state index in [1.165, 1.54) is 111 Å². The molecule has 2 spiro atoms. The first-order valence-corrected chi connectivity index (χ1v) is 20.7. The number of rotatable bonds is 1. The predicted molar refractivity (Wildman–Crippen MR) is 241 cm³/mol. The maximum absolute atomic E-state index is 6.86. The molecule has 0 radical (unpaired) electrons. The minimum atomic E-state index is -0.534. The second kappa shape index (κ2) is 11.1. The van der Waals surface area contributed by atoms with E-state index in [1.54, 1.807) is 0 Å². The summed E-state index contributed by atoms with van der Waals surface area (Å²) in [5, 5.41) is 5.23. The highest BCUT2D eigenvalue weighted by Crippen LogP contribution is 2.67. The Morgan fingerprint density at radius 3 is 1.41 bits per heavy atom. The van der Waals surface area contributed by atoms with Gasteiger partial charge >= 0.3 is 0 Å². The minimum Gasteiger partial charge on any atom is -0.457 e. The SMILES string of the molecule is c1ccc2c(c1)Oc1ccc(-c3cccc4c3-c3ccccc3C43c4ccccc4-c4c3c3ccccc3c3ccccc43)cc1C21c2ccccc2-c2ccccc21. The zero-order valence-corrected chi connectivity index (χ0v) is 32.0. The summed E-state index contributed by atoms with van der Waals surface area (Å²) in [5.41, 5.74) is 19.6. The minimum absolute atomic E-state index is 0.502. The summed E-state index contributed by atoms with van der Waals surface area (Å²) < 4.78 is 6.86. The standard InChI is InChI=1S/C58H34O/c1-3-20-41-37(16-1)38-17-2-4-21-42(38)56-55(41)44-23-8-12-28-48(44)58(56)47-27-11-7-22-43(47)54-36(24-15-30-50(54)58)35-32-33-53-51(34-35)57(49-29-13-14-31-52(49)59-53)45-25-9-5-18-39(45)40-19-6-10-26-46(40)57/h1-34H. The van der Waals surface area contributed by atoms with Gasteiger partial charge in [-0.3, -0.25) is 0 Å². The molecule has 0 saturated carbocycles. The Hall–Kier alpha value is -7.48. The van der Waals surface area contributed by atoms with Crippen LogP contribution in [0.3, 0.4) is 0 Å². The van der Waals surface area contributed by atoms with Crippen molar-refractivity contribution in [3.63, 3.8) is 0 Å². The van der Waals surface area contributed by atoms with Crippen LogP contribution in [0.15, 0.2) is 206 Å². The van der Waals surface area contributed by atoms with Crippen LogP contribution in [0.25, 0.3) is 66.1 Å². The number of hydrogen-bond acceptors (Lipinski definition) is 1. The van der Waals surface area contributed by atoms with Gasteiger partial charge in [-0.1, -0.05) is 188 Å². The van der Waals surface area contributed by atoms with E-state index in [4.69, 9.17) is 4.74 Å². The molecule has 4 aliphatic rings. The molecule has 59 heavy (non-hydrogen) atoms. The number of para-hydroxylation sites is 1. The van der Waals surface area contributed by atoms with Crippen molar-refractivity contribution in [1.29, 1.82) is 0 Å². The summed E-state index contributed by atoms with van der Waals surface area (Å²) in [6.45, 7) is 0. The average molecular weight is 747 g/mol. The largest absolute Gasteiger partial charge is 0.457 e. The molecular weight excluding hydrogens is 713 g/mol. The molecule has 1 nitrogen and oxygen atoms in total. The van der Waals surface area contributed by atoms with E-state index in [0.717, 1.165) is 11.5 Å². The van der Waals surface area contributed by atoms with E-state index in [1.807, 2.05) is 0 Å². The highest BCUT2D eigenvalue weighted by Gasteiger charge is 2.54. The fourth-order valence-electron chi connectivity index (χ4n) is 12.1. The Morgan fingerprint density at radius 1 is 0.271 bits per heavy atom. The molecule has 0 amide bonds. The third kappa shape index (κ3) is 3.65. The molecule has 1 aliphatic heterocycles. The number of benzene rings is 10. The molecule has 14 rings (SSSR count). The van der Waals surface area contributed by atoms with Crippen molar-refractivity contribution >= 4 is 21.5 Å². The van der Waals surface area contributed by atoms with Gasteiger partial charge in [0, 0.05) is 11.1 Å². The van der Waals surface area contributed by atoms with Gasteiger partial charge < -0.3 is 4.74 Å². The summed E-state index contributed by atoms with van der Waals surface area (Å²) >= 11 is 0. The first-order valence-electron chi connectivity index (χ1n) is 20.7. The monoisotopic (exact) mass is 746 g/mol. The molecule has 0 N–H and O–H groups in total. The van der Waals surface area contributed by atoms with Crippen LogP contribution in [0.5, 0.6) is 11.5 Å². The van der Waals surface area contributed by atoms with E-state index in [0.29, 0.717) is 0 Å². The van der Waals surface area contributed by atoms with Crippen molar-refractivity contribution in [2.45, 2.75) is 10.8 Å². The van der Waals surface area contributed by atoms with Gasteiger partial charge in [0.1, 0.15) is 11.5 Å². The second-order valence-electron chi connectivity index (χ2n) is 16.6. The summed E-state index contributed by atoms with van der Waals surface area (Å²) in [6.07, 6.45) is 0. The Labute approximate surface area is 342 Å². The van der Waals surface area contributed by atoms with Gasteiger partial charge in [0.15, 0.2) is 0 Å². The number of fused-ring (bicyclic) bond motifs is 24. The molecule has 0 fully saturated rings. The van der Waals surface area contributed by atoms with Gasteiger partial charge in [0.25, 0.3) is 0 Å². The van der Waals surface area contributed by atoms with E-state index < -0.39 is 10.8 Å². The highest BCUT2D eigenvalue weighted by atomic mass is 16.5. The fourth-order valence-corrected chi connectivity index (χ4v) is 12.1. The van der Waals surface area contributed by atoms with E-state index in [-0.39, 0.29) is 0 Å². The van der Waals surface area contributed by atoms with Crippen LogP contribution in [0.4, 0.5) is 0 Å². The number of hydrogen-bond donors (Lipinski definition) is 0. The van der Waals surface area contributed by atoms with Crippen LogP contribution in [-0.2, 0) is 10.8 Å². The van der Waals surface area contributed by atoms with Crippen molar-refractivity contribution < 1.29 is 4.74 Å². The van der Waals surface area contributed by atoms with Gasteiger partial charge in [-0.15, -0.1) is 0 Å². The van der Waals surface area contributed by atoms with Crippen LogP contribution in [-0.4, -0.2) is 0 Å². The molecular formula is C58H34O. The van der Waals surface area contributed by atoms with Crippen LogP contribution in [0.2, 0.25) is 0 Å². The quantitative estimate of drug-likeness (QED) is 0.152. The Bertz CT molecular complexity index is 3450. The molecule has 272 valence electrons. The highest BCUT2D eigenvalue weighted by molar-refractivity contribution is 6.20. The lowest BCUT2D eigenvalue weighted by Gasteiger charge is -2.39. The molecule has 1 unspecified atom stereocenters. The molecule has 1 heteroatoms. The maximum atomic E-state index is 6.86. The first kappa shape index (κ1) is 31.6. The summed E-state index contributed by atoms with van der Waals surface area (Å²) in [5.74, 6) is 1.81. The molecule has 10 aromatic carbocycles. The van der Waals surface area contributed by atoms with Gasteiger partial charge in [0.2, 0.25) is 0 Å². The molecule has 1 heterocycles. The van der Waals surface area contributed by atoms with Crippen molar-refractivity contribution in [3.05, 3.63) is 251 Å². The van der Waals surface area contributed by atoms with Crippen molar-refractivity contribution in [2.24, 2.45) is 0 Å². The lowest BCUT2D eigenvalue weighted by molar-refractivity contribution is 0.436. The zero-order chi connectivity index (χ0) is 38.5. The summed E-state index contributed by atoms with van der Waals surface area (Å²) in [7, 11) is 0. The van der Waals surface area contributed by atoms with Crippen molar-refractivity contribution in [1.82, 2.24) is 0 Å². The fraction of sp³-hybridized carbons (Fsp3) is 0.0345. The lowest BCUT2D eigenvalue weighted by Crippen LogP contribution is -2.32. The molecule has 1 atom stereocenters. The Kier molecular flexibility index (Phi) is 5.96. The third-order valence-corrected chi connectivity index (χ3v) is 14.1. The van der Waals surface area contributed by atoms with Gasteiger partial charge in [-0.05, 0) is 118 Å². The number of ether oxygens (including phenoxy) is 1. The van der Waals surface area contributed by atoms with Crippen LogP contribution < -0.4 is 4.74 Å². The van der Waals surface area contributed by atoms with Crippen molar-refractivity contribution in [2.75, 3.05) is 0 Å². The van der Waals surface area contributed by atoms with Crippen LogP contribution in [0.1, 0.15) is 44.5 Å². The molecule has 0 bridgehead atoms. The zero-order valence-electron chi connectivity index (χ0n) is 32.0. The van der Waals surface area contributed by atoms with E-state index >= 15 is 0 Å². The average Bonchev–Trinajstić information content (AvgIpc) is 3.90.